The van der Waals surface area contributed by atoms with Gasteiger partial charge in [0.15, 0.2) is 6.61 Å². The van der Waals surface area contributed by atoms with Crippen LogP contribution in [0.4, 0.5) is 0 Å². The Hall–Kier alpha value is -3.07. The second-order valence-electron chi connectivity index (χ2n) is 7.05. The van der Waals surface area contributed by atoms with E-state index in [0.717, 1.165) is 6.42 Å². The van der Waals surface area contributed by atoms with Gasteiger partial charge in [-0.25, -0.2) is 13.6 Å². The minimum absolute atomic E-state index is 0.0173. The molecule has 0 unspecified atom stereocenters. The highest BCUT2D eigenvalue weighted by atomic mass is 35.5. The van der Waals surface area contributed by atoms with Crippen LogP contribution in [0.5, 0.6) is 11.5 Å². The number of benzene rings is 1. The molecule has 9 heteroatoms. The summed E-state index contributed by atoms with van der Waals surface area (Å²) in [6, 6.07) is 4.88. The summed E-state index contributed by atoms with van der Waals surface area (Å²) in [5, 5.41) is 8.34. The molecule has 0 bridgehead atoms. The van der Waals surface area contributed by atoms with Crippen LogP contribution in [0.2, 0.25) is 5.02 Å². The molecule has 32 heavy (non-hydrogen) atoms. The van der Waals surface area contributed by atoms with Gasteiger partial charge in [-0.1, -0.05) is 35.9 Å². The van der Waals surface area contributed by atoms with Gasteiger partial charge in [0.2, 0.25) is 10.0 Å². The molecule has 0 saturated carbocycles. The van der Waals surface area contributed by atoms with Gasteiger partial charge in [0.25, 0.3) is 5.91 Å². The van der Waals surface area contributed by atoms with Crippen LogP contribution in [0.25, 0.3) is 0 Å². The topological polar surface area (TPSA) is 108 Å². The quantitative estimate of drug-likeness (QED) is 0.620. The molecule has 0 spiro atoms. The lowest BCUT2D eigenvalue weighted by Crippen LogP contribution is -2.28. The van der Waals surface area contributed by atoms with Crippen molar-refractivity contribution < 1.29 is 22.7 Å². The number of amides is 1. The summed E-state index contributed by atoms with van der Waals surface area (Å²) < 4.78 is 34.6. The molecule has 0 saturated heterocycles. The normalized spacial score (nSPS) is 16.1. The number of primary sulfonamides is 1. The highest BCUT2D eigenvalue weighted by Gasteiger charge is 2.15. The summed E-state index contributed by atoms with van der Waals surface area (Å²) in [5.41, 5.74) is 1.15. The van der Waals surface area contributed by atoms with E-state index in [1.165, 1.54) is 12.2 Å². The summed E-state index contributed by atoms with van der Waals surface area (Å²) in [6.07, 6.45) is 15.1. The SMILES string of the molecule is CC1=C(NC(=O)COc2cc(Cl)cc(OC3=CCC=CC=C3)c2)CC=CC(S(N)(=O)=O)=C1. The molecular formula is C23H23ClN2O5S. The van der Waals surface area contributed by atoms with Crippen molar-refractivity contribution in [3.8, 4) is 11.5 Å². The van der Waals surface area contributed by atoms with Crippen molar-refractivity contribution in [1.29, 1.82) is 0 Å². The van der Waals surface area contributed by atoms with Gasteiger partial charge in [-0.3, -0.25) is 4.79 Å². The van der Waals surface area contributed by atoms with Crippen LogP contribution in [0.1, 0.15) is 19.8 Å². The standard InChI is InChI=1S/C23H23ClN2O5S/c1-16-11-21(32(25,28)29)9-6-10-22(16)26-23(27)15-30-19-12-17(24)13-20(14-19)31-18-7-4-2-3-5-8-18/h2-4,6-9,11-14H,5,10,15H2,1H3,(H,26,27)(H2,25,28,29). The van der Waals surface area contributed by atoms with Crippen LogP contribution in [0, 0.1) is 0 Å². The molecule has 0 radical (unpaired) electrons. The maximum absolute atomic E-state index is 12.4. The van der Waals surface area contributed by atoms with Gasteiger partial charge in [-0.05, 0) is 55.4 Å². The van der Waals surface area contributed by atoms with Gasteiger partial charge >= 0.3 is 0 Å². The molecular weight excluding hydrogens is 452 g/mol. The van der Waals surface area contributed by atoms with Crippen molar-refractivity contribution in [3.63, 3.8) is 0 Å². The third-order valence-electron chi connectivity index (χ3n) is 4.47. The molecule has 1 aromatic rings. The van der Waals surface area contributed by atoms with Crippen LogP contribution in [0.3, 0.4) is 0 Å². The molecule has 1 aromatic carbocycles. The number of nitrogens with two attached hydrogens (primary N) is 1. The number of hydrogen-bond acceptors (Lipinski definition) is 5. The Labute approximate surface area is 192 Å². The number of allylic oxidation sites excluding steroid dienone is 9. The molecule has 7 nitrogen and oxygen atoms in total. The van der Waals surface area contributed by atoms with Gasteiger partial charge in [0, 0.05) is 23.2 Å². The molecule has 0 atom stereocenters. The number of nitrogens with one attached hydrogen (secondary N) is 1. The molecule has 0 fully saturated rings. The number of ether oxygens (including phenoxy) is 2. The van der Waals surface area contributed by atoms with E-state index in [0.29, 0.717) is 40.0 Å². The Balaban J connectivity index is 1.64. The first-order valence-corrected chi connectivity index (χ1v) is 11.7. The zero-order valence-corrected chi connectivity index (χ0v) is 18.9. The molecule has 0 heterocycles. The molecule has 0 aromatic heterocycles. The van der Waals surface area contributed by atoms with Crippen molar-refractivity contribution in [1.82, 2.24) is 5.32 Å². The fourth-order valence-corrected chi connectivity index (χ4v) is 3.78. The summed E-state index contributed by atoms with van der Waals surface area (Å²) >= 11 is 6.17. The lowest BCUT2D eigenvalue weighted by Gasteiger charge is -2.12. The number of carbonyl (C=O) groups excluding carboxylic acids is 1. The molecule has 3 rings (SSSR count). The lowest BCUT2D eigenvalue weighted by molar-refractivity contribution is -0.122. The zero-order chi connectivity index (χ0) is 23.1. The smallest absolute Gasteiger partial charge is 0.262 e. The number of halogens is 1. The number of hydrogen-bond donors (Lipinski definition) is 2. The molecule has 2 aliphatic rings. The molecule has 0 aliphatic heterocycles. The van der Waals surface area contributed by atoms with E-state index in [1.807, 2.05) is 30.4 Å². The van der Waals surface area contributed by atoms with E-state index in [9.17, 15) is 13.2 Å². The highest BCUT2D eigenvalue weighted by Crippen LogP contribution is 2.28. The second kappa shape index (κ2) is 10.5. The number of carbonyl (C=O) groups is 1. The van der Waals surface area contributed by atoms with Gasteiger partial charge in [0.1, 0.15) is 17.3 Å². The zero-order valence-electron chi connectivity index (χ0n) is 17.4. The van der Waals surface area contributed by atoms with E-state index in [2.05, 4.69) is 5.32 Å². The lowest BCUT2D eigenvalue weighted by atomic mass is 10.2. The summed E-state index contributed by atoms with van der Waals surface area (Å²) in [4.78, 5) is 12.4. The first-order chi connectivity index (χ1) is 15.2. The molecule has 1 amide bonds. The summed E-state index contributed by atoms with van der Waals surface area (Å²) in [5.74, 6) is 1.14. The van der Waals surface area contributed by atoms with Crippen molar-refractivity contribution in [2.24, 2.45) is 5.14 Å². The second-order valence-corrected chi connectivity index (χ2v) is 9.05. The van der Waals surface area contributed by atoms with E-state index < -0.39 is 15.9 Å². The van der Waals surface area contributed by atoms with E-state index >= 15 is 0 Å². The van der Waals surface area contributed by atoms with E-state index in [-0.39, 0.29) is 11.5 Å². The Kier molecular flexibility index (Phi) is 7.74. The third kappa shape index (κ3) is 6.98. The molecule has 168 valence electrons. The van der Waals surface area contributed by atoms with Crippen LogP contribution >= 0.6 is 11.6 Å². The molecule has 3 N–H and O–H groups in total. The minimum atomic E-state index is -3.83. The van der Waals surface area contributed by atoms with Crippen molar-refractivity contribution in [2.75, 3.05) is 6.61 Å². The average Bonchev–Trinajstić information content (AvgIpc) is 3.07. The monoisotopic (exact) mass is 474 g/mol. The van der Waals surface area contributed by atoms with E-state index in [4.69, 9.17) is 26.2 Å². The Morgan fingerprint density at radius 2 is 1.94 bits per heavy atom. The number of rotatable bonds is 7. The maximum Gasteiger partial charge on any atom is 0.262 e. The van der Waals surface area contributed by atoms with Gasteiger partial charge in [-0.15, -0.1) is 0 Å². The van der Waals surface area contributed by atoms with Gasteiger partial charge in [-0.2, -0.15) is 0 Å². The first-order valence-electron chi connectivity index (χ1n) is 9.76. The summed E-state index contributed by atoms with van der Waals surface area (Å²) in [6.45, 7) is 1.43. The van der Waals surface area contributed by atoms with Gasteiger partial charge in [0.05, 0.1) is 4.91 Å². The van der Waals surface area contributed by atoms with Crippen molar-refractivity contribution in [2.45, 2.75) is 19.8 Å². The van der Waals surface area contributed by atoms with Crippen LogP contribution < -0.4 is 19.9 Å². The van der Waals surface area contributed by atoms with Crippen molar-refractivity contribution in [3.05, 3.63) is 93.8 Å². The molecule has 2 aliphatic carbocycles. The number of sulfonamides is 1. The van der Waals surface area contributed by atoms with Crippen LogP contribution in [0.15, 0.2) is 88.7 Å². The fourth-order valence-electron chi connectivity index (χ4n) is 2.93. The minimum Gasteiger partial charge on any atom is -0.484 e. The first kappa shape index (κ1) is 23.6. The van der Waals surface area contributed by atoms with Crippen LogP contribution in [-0.4, -0.2) is 20.9 Å². The third-order valence-corrected chi connectivity index (χ3v) is 5.60. The Morgan fingerprint density at radius 3 is 2.72 bits per heavy atom. The predicted octanol–water partition coefficient (Wildman–Crippen LogP) is 4.02. The highest BCUT2D eigenvalue weighted by molar-refractivity contribution is 7.93. The average molecular weight is 475 g/mol. The predicted molar refractivity (Wildman–Crippen MR) is 124 cm³/mol. The van der Waals surface area contributed by atoms with Crippen molar-refractivity contribution >= 4 is 27.5 Å². The van der Waals surface area contributed by atoms with Gasteiger partial charge < -0.3 is 14.8 Å². The Morgan fingerprint density at radius 1 is 1.16 bits per heavy atom. The van der Waals surface area contributed by atoms with Crippen LogP contribution in [-0.2, 0) is 14.8 Å². The summed E-state index contributed by atoms with van der Waals surface area (Å²) in [7, 11) is -3.83. The maximum atomic E-state index is 12.4. The largest absolute Gasteiger partial charge is 0.484 e. The fraction of sp³-hybridized carbons (Fsp3) is 0.174. The van der Waals surface area contributed by atoms with E-state index in [1.54, 1.807) is 31.2 Å². The Bertz CT molecular complexity index is 1190.